The molecule has 0 amide bonds. The average molecular weight is 219 g/mol. The Hall–Kier alpha value is 0.270. The molecule has 0 heterocycles. The van der Waals surface area contributed by atoms with Gasteiger partial charge in [-0.3, -0.25) is 0 Å². The van der Waals surface area contributed by atoms with Gasteiger partial charge in [-0.15, -0.1) is 0 Å². The first-order chi connectivity index (χ1) is 6.68. The summed E-state index contributed by atoms with van der Waals surface area (Å²) in [6, 6.07) is 0. The van der Waals surface area contributed by atoms with Crippen molar-refractivity contribution in [1.29, 1.82) is 0 Å². The van der Waals surface area contributed by atoms with Gasteiger partial charge in [-0.05, 0) is 51.2 Å². The summed E-state index contributed by atoms with van der Waals surface area (Å²) in [4.78, 5) is 0. The zero-order chi connectivity index (χ0) is 10.9. The van der Waals surface area contributed by atoms with Crippen LogP contribution in [0.4, 0.5) is 0 Å². The maximum Gasteiger partial charge on any atom is 0.0448 e. The molecule has 0 aliphatic rings. The van der Waals surface area contributed by atoms with E-state index in [9.17, 15) is 0 Å². The number of thioether (sulfide) groups is 1. The number of aliphatic hydroxyl groups excluding tert-OH is 1. The quantitative estimate of drug-likeness (QED) is 0.584. The Kier molecular flexibility index (Phi) is 8.73. The second kappa shape index (κ2) is 8.57. The Morgan fingerprint density at radius 3 is 2.57 bits per heavy atom. The maximum absolute atomic E-state index is 8.93. The number of hydrogen-bond acceptors (Lipinski definition) is 3. The lowest BCUT2D eigenvalue weighted by Gasteiger charge is -2.29. The Bertz CT molecular complexity index is 132. The Balaban J connectivity index is 3.51. The van der Waals surface area contributed by atoms with Crippen molar-refractivity contribution >= 4 is 11.8 Å². The van der Waals surface area contributed by atoms with E-state index in [0.29, 0.717) is 0 Å². The molecule has 0 spiro atoms. The summed E-state index contributed by atoms with van der Waals surface area (Å²) in [7, 11) is 0. The van der Waals surface area contributed by atoms with Gasteiger partial charge in [-0.25, -0.2) is 0 Å². The Labute approximate surface area is 92.9 Å². The molecular formula is C11H25NOS. The summed E-state index contributed by atoms with van der Waals surface area (Å²) in [6.45, 7) is 5.72. The number of aliphatic hydroxyl groups is 1. The number of unbranched alkanes of at least 4 members (excludes halogenated alkanes) is 1. The molecule has 1 unspecified atom stereocenters. The van der Waals surface area contributed by atoms with E-state index in [2.05, 4.69) is 25.4 Å². The molecule has 0 bridgehead atoms. The third-order valence-corrected chi connectivity index (χ3v) is 3.47. The van der Waals surface area contributed by atoms with Gasteiger partial charge in [0.2, 0.25) is 0 Å². The van der Waals surface area contributed by atoms with Crippen molar-refractivity contribution < 1.29 is 5.11 Å². The predicted molar refractivity (Wildman–Crippen MR) is 66.0 cm³/mol. The standard InChI is InChI=1S/C11H25NOS/c1-4-11(2,7-9-13)12-8-5-6-10-14-3/h12-13H,4-10H2,1-3H3. The van der Waals surface area contributed by atoms with Crippen LogP contribution in [0.1, 0.15) is 39.5 Å². The maximum atomic E-state index is 8.93. The van der Waals surface area contributed by atoms with Gasteiger partial charge < -0.3 is 10.4 Å². The number of rotatable bonds is 9. The second-order valence-electron chi connectivity index (χ2n) is 4.01. The number of nitrogens with one attached hydrogen (secondary N) is 1. The molecular weight excluding hydrogens is 194 g/mol. The minimum absolute atomic E-state index is 0.133. The molecule has 1 atom stereocenters. The highest BCUT2D eigenvalue weighted by molar-refractivity contribution is 7.98. The molecule has 14 heavy (non-hydrogen) atoms. The molecule has 2 N–H and O–H groups in total. The molecule has 0 aromatic carbocycles. The highest BCUT2D eigenvalue weighted by atomic mass is 32.2. The van der Waals surface area contributed by atoms with Gasteiger partial charge >= 0.3 is 0 Å². The molecule has 0 radical (unpaired) electrons. The van der Waals surface area contributed by atoms with E-state index < -0.39 is 0 Å². The predicted octanol–water partition coefficient (Wildman–Crippen LogP) is 2.27. The van der Waals surface area contributed by atoms with Crippen molar-refractivity contribution in [3.05, 3.63) is 0 Å². The molecule has 2 nitrogen and oxygen atoms in total. The van der Waals surface area contributed by atoms with Crippen LogP contribution in [0.15, 0.2) is 0 Å². The smallest absolute Gasteiger partial charge is 0.0448 e. The normalized spacial score (nSPS) is 15.4. The second-order valence-corrected chi connectivity index (χ2v) is 5.00. The summed E-state index contributed by atoms with van der Waals surface area (Å²) in [6.07, 6.45) is 6.60. The summed E-state index contributed by atoms with van der Waals surface area (Å²) < 4.78 is 0. The highest BCUT2D eigenvalue weighted by Crippen LogP contribution is 2.13. The van der Waals surface area contributed by atoms with Gasteiger partial charge in [0.1, 0.15) is 0 Å². The molecule has 86 valence electrons. The van der Waals surface area contributed by atoms with Gasteiger partial charge in [-0.1, -0.05) is 6.92 Å². The summed E-state index contributed by atoms with van der Waals surface area (Å²) in [5, 5.41) is 12.5. The molecule has 0 saturated heterocycles. The topological polar surface area (TPSA) is 32.3 Å². The molecule has 0 fully saturated rings. The van der Waals surface area contributed by atoms with E-state index in [-0.39, 0.29) is 12.1 Å². The highest BCUT2D eigenvalue weighted by Gasteiger charge is 2.19. The third-order valence-electron chi connectivity index (χ3n) is 2.77. The van der Waals surface area contributed by atoms with E-state index in [1.807, 2.05) is 11.8 Å². The average Bonchev–Trinajstić information content (AvgIpc) is 2.18. The van der Waals surface area contributed by atoms with E-state index in [1.165, 1.54) is 18.6 Å². The van der Waals surface area contributed by atoms with Gasteiger partial charge in [0.05, 0.1) is 0 Å². The first-order valence-electron chi connectivity index (χ1n) is 5.53. The molecule has 0 aliphatic carbocycles. The van der Waals surface area contributed by atoms with Gasteiger partial charge in [0.25, 0.3) is 0 Å². The molecule has 0 aromatic rings. The molecule has 3 heteroatoms. The zero-order valence-corrected chi connectivity index (χ0v) is 10.6. The lowest BCUT2D eigenvalue weighted by molar-refractivity contribution is 0.215. The first kappa shape index (κ1) is 14.3. The fraction of sp³-hybridized carbons (Fsp3) is 1.00. The molecule has 0 aromatic heterocycles. The van der Waals surface area contributed by atoms with Crippen molar-refractivity contribution in [2.24, 2.45) is 0 Å². The van der Waals surface area contributed by atoms with Crippen molar-refractivity contribution in [1.82, 2.24) is 5.32 Å². The van der Waals surface area contributed by atoms with Crippen molar-refractivity contribution in [3.8, 4) is 0 Å². The van der Waals surface area contributed by atoms with Crippen LogP contribution in [-0.4, -0.2) is 35.8 Å². The monoisotopic (exact) mass is 219 g/mol. The summed E-state index contributed by atoms with van der Waals surface area (Å²) >= 11 is 1.91. The minimum Gasteiger partial charge on any atom is -0.396 e. The number of hydrogen-bond donors (Lipinski definition) is 2. The molecule has 0 saturated carbocycles. The van der Waals surface area contributed by atoms with Crippen molar-refractivity contribution in [3.63, 3.8) is 0 Å². The van der Waals surface area contributed by atoms with E-state index in [1.54, 1.807) is 0 Å². The van der Waals surface area contributed by atoms with Crippen LogP contribution in [0.2, 0.25) is 0 Å². The van der Waals surface area contributed by atoms with Gasteiger partial charge in [0, 0.05) is 12.1 Å². The van der Waals surface area contributed by atoms with Crippen LogP contribution in [-0.2, 0) is 0 Å². The van der Waals surface area contributed by atoms with E-state index >= 15 is 0 Å². The van der Waals surface area contributed by atoms with Crippen LogP contribution in [0.25, 0.3) is 0 Å². The van der Waals surface area contributed by atoms with Crippen LogP contribution < -0.4 is 5.32 Å². The fourth-order valence-electron chi connectivity index (χ4n) is 1.40. The van der Waals surface area contributed by atoms with E-state index in [0.717, 1.165) is 19.4 Å². The van der Waals surface area contributed by atoms with Gasteiger partial charge in [-0.2, -0.15) is 11.8 Å². The lowest BCUT2D eigenvalue weighted by Crippen LogP contribution is -2.43. The van der Waals surface area contributed by atoms with Crippen LogP contribution in [0.3, 0.4) is 0 Å². The minimum atomic E-state index is 0.133. The lowest BCUT2D eigenvalue weighted by atomic mass is 9.95. The van der Waals surface area contributed by atoms with E-state index in [4.69, 9.17) is 5.11 Å². The summed E-state index contributed by atoms with van der Waals surface area (Å²) in [5.41, 5.74) is 0.133. The fourth-order valence-corrected chi connectivity index (χ4v) is 1.89. The van der Waals surface area contributed by atoms with Crippen molar-refractivity contribution in [2.75, 3.05) is 25.2 Å². The molecule has 0 rings (SSSR count). The third kappa shape index (κ3) is 6.68. The largest absolute Gasteiger partial charge is 0.396 e. The van der Waals surface area contributed by atoms with Crippen molar-refractivity contribution in [2.45, 2.75) is 45.1 Å². The molecule has 0 aliphatic heterocycles. The summed E-state index contributed by atoms with van der Waals surface area (Å²) in [5.74, 6) is 1.25. The Morgan fingerprint density at radius 1 is 1.36 bits per heavy atom. The van der Waals surface area contributed by atoms with Crippen LogP contribution in [0.5, 0.6) is 0 Å². The Morgan fingerprint density at radius 2 is 2.07 bits per heavy atom. The first-order valence-corrected chi connectivity index (χ1v) is 6.92. The van der Waals surface area contributed by atoms with Crippen LogP contribution in [0, 0.1) is 0 Å². The van der Waals surface area contributed by atoms with Gasteiger partial charge in [0.15, 0.2) is 0 Å². The zero-order valence-electron chi connectivity index (χ0n) is 9.81. The van der Waals surface area contributed by atoms with Crippen LogP contribution >= 0.6 is 11.8 Å². The SMILES string of the molecule is CCC(C)(CCO)NCCCCSC.